The number of alkyl halides is 3. The Balaban J connectivity index is 2.41. The van der Waals surface area contributed by atoms with Gasteiger partial charge in [-0.1, -0.05) is 5.16 Å². The van der Waals surface area contributed by atoms with E-state index < -0.39 is 11.7 Å². The Labute approximate surface area is 119 Å². The second-order valence-electron chi connectivity index (χ2n) is 5.00. The van der Waals surface area contributed by atoms with Crippen molar-refractivity contribution in [3.05, 3.63) is 29.3 Å². The maximum absolute atomic E-state index is 12.8. The van der Waals surface area contributed by atoms with Crippen molar-refractivity contribution in [1.82, 2.24) is 0 Å². The number of benzene rings is 1. The lowest BCUT2D eigenvalue weighted by atomic mass is 10.1. The second-order valence-corrected chi connectivity index (χ2v) is 5.00. The summed E-state index contributed by atoms with van der Waals surface area (Å²) in [4.78, 5) is 1.83. The molecular formula is C13H16F3N3O2. The predicted octanol–water partition coefficient (Wildman–Crippen LogP) is 1.62. The van der Waals surface area contributed by atoms with Gasteiger partial charge < -0.3 is 20.9 Å². The van der Waals surface area contributed by atoms with E-state index in [0.29, 0.717) is 18.8 Å². The third kappa shape index (κ3) is 3.21. The molecule has 1 aliphatic heterocycles. The summed E-state index contributed by atoms with van der Waals surface area (Å²) in [5, 5.41) is 20.7. The summed E-state index contributed by atoms with van der Waals surface area (Å²) < 4.78 is 38.3. The van der Waals surface area contributed by atoms with Crippen LogP contribution >= 0.6 is 0 Å². The monoisotopic (exact) mass is 303 g/mol. The SMILES string of the molecule is N/C(=N/O)c1cc(C(F)(F)F)ccc1N1CCC(CO)C1. The fourth-order valence-corrected chi connectivity index (χ4v) is 2.45. The molecular weight excluding hydrogens is 287 g/mol. The molecule has 0 amide bonds. The molecule has 4 N–H and O–H groups in total. The maximum Gasteiger partial charge on any atom is 0.416 e. The average molecular weight is 303 g/mol. The number of rotatable bonds is 3. The third-order valence-electron chi connectivity index (χ3n) is 3.59. The zero-order valence-corrected chi connectivity index (χ0v) is 11.1. The Hall–Kier alpha value is -1.96. The van der Waals surface area contributed by atoms with E-state index in [9.17, 15) is 13.2 Å². The van der Waals surface area contributed by atoms with Crippen molar-refractivity contribution >= 4 is 11.5 Å². The van der Waals surface area contributed by atoms with E-state index >= 15 is 0 Å². The van der Waals surface area contributed by atoms with E-state index in [1.54, 1.807) is 0 Å². The van der Waals surface area contributed by atoms with Gasteiger partial charge in [-0.05, 0) is 24.6 Å². The second kappa shape index (κ2) is 5.80. The van der Waals surface area contributed by atoms with E-state index in [4.69, 9.17) is 16.0 Å². The van der Waals surface area contributed by atoms with Crippen molar-refractivity contribution < 1.29 is 23.5 Å². The smallest absolute Gasteiger partial charge is 0.409 e. The number of amidine groups is 1. The molecule has 1 saturated heterocycles. The van der Waals surface area contributed by atoms with Gasteiger partial charge in [0.05, 0.1) is 5.56 Å². The van der Waals surface area contributed by atoms with Crippen LogP contribution in [0, 0.1) is 5.92 Å². The van der Waals surface area contributed by atoms with E-state index in [1.165, 1.54) is 6.07 Å². The fraction of sp³-hybridized carbons (Fsp3) is 0.462. The highest BCUT2D eigenvalue weighted by Crippen LogP contribution is 2.34. The Morgan fingerprint density at radius 3 is 2.67 bits per heavy atom. The first-order chi connectivity index (χ1) is 9.86. The van der Waals surface area contributed by atoms with Crippen LogP contribution in [-0.4, -0.2) is 35.8 Å². The van der Waals surface area contributed by atoms with Crippen molar-refractivity contribution in [2.75, 3.05) is 24.6 Å². The Morgan fingerprint density at radius 2 is 2.14 bits per heavy atom. The molecule has 1 aromatic rings. The van der Waals surface area contributed by atoms with Crippen LogP contribution in [0.5, 0.6) is 0 Å². The largest absolute Gasteiger partial charge is 0.416 e. The van der Waals surface area contributed by atoms with Gasteiger partial charge in [0, 0.05) is 36.9 Å². The van der Waals surface area contributed by atoms with Crippen LogP contribution in [0.3, 0.4) is 0 Å². The molecule has 0 aromatic heterocycles. The van der Waals surface area contributed by atoms with Gasteiger partial charge in [0.15, 0.2) is 5.84 Å². The molecule has 0 spiro atoms. The normalized spacial score (nSPS) is 20.1. The first kappa shape index (κ1) is 15.4. The molecule has 1 aliphatic rings. The van der Waals surface area contributed by atoms with E-state index in [-0.39, 0.29) is 23.9 Å². The van der Waals surface area contributed by atoms with Gasteiger partial charge in [-0.2, -0.15) is 13.2 Å². The maximum atomic E-state index is 12.8. The number of aliphatic hydroxyl groups is 1. The minimum atomic E-state index is -4.50. The molecule has 1 heterocycles. The lowest BCUT2D eigenvalue weighted by Crippen LogP contribution is -2.25. The summed E-state index contributed by atoms with van der Waals surface area (Å²) in [6.07, 6.45) is -3.76. The number of nitrogens with zero attached hydrogens (tertiary/aromatic N) is 2. The molecule has 1 aromatic carbocycles. The number of halogens is 3. The average Bonchev–Trinajstić information content (AvgIpc) is 2.93. The van der Waals surface area contributed by atoms with Crippen molar-refractivity contribution in [1.29, 1.82) is 0 Å². The molecule has 2 rings (SSSR count). The van der Waals surface area contributed by atoms with Crippen LogP contribution in [0.4, 0.5) is 18.9 Å². The predicted molar refractivity (Wildman–Crippen MR) is 71.4 cm³/mol. The summed E-state index contributed by atoms with van der Waals surface area (Å²) in [6, 6.07) is 3.16. The van der Waals surface area contributed by atoms with Gasteiger partial charge in [-0.15, -0.1) is 0 Å². The molecule has 0 aliphatic carbocycles. The highest BCUT2D eigenvalue weighted by atomic mass is 19.4. The van der Waals surface area contributed by atoms with Gasteiger partial charge in [0.2, 0.25) is 0 Å². The number of anilines is 1. The number of hydrogen-bond donors (Lipinski definition) is 3. The first-order valence-corrected chi connectivity index (χ1v) is 6.41. The third-order valence-corrected chi connectivity index (χ3v) is 3.59. The van der Waals surface area contributed by atoms with Crippen LogP contribution in [0.15, 0.2) is 23.4 Å². The summed E-state index contributed by atoms with van der Waals surface area (Å²) in [7, 11) is 0. The van der Waals surface area contributed by atoms with Crippen molar-refractivity contribution in [3.8, 4) is 0 Å². The first-order valence-electron chi connectivity index (χ1n) is 6.41. The molecule has 1 atom stereocenters. The topological polar surface area (TPSA) is 82.1 Å². The number of hydrogen-bond acceptors (Lipinski definition) is 4. The van der Waals surface area contributed by atoms with Crippen LogP contribution in [0.25, 0.3) is 0 Å². The summed E-state index contributed by atoms with van der Waals surface area (Å²) in [5.41, 5.74) is 5.14. The Kier molecular flexibility index (Phi) is 4.26. The zero-order valence-electron chi connectivity index (χ0n) is 11.1. The van der Waals surface area contributed by atoms with Gasteiger partial charge in [0.25, 0.3) is 0 Å². The fourth-order valence-electron chi connectivity index (χ4n) is 2.45. The van der Waals surface area contributed by atoms with Crippen molar-refractivity contribution in [2.24, 2.45) is 16.8 Å². The molecule has 1 unspecified atom stereocenters. The van der Waals surface area contributed by atoms with Crippen LogP contribution in [0.1, 0.15) is 17.5 Å². The number of aliphatic hydroxyl groups excluding tert-OH is 1. The summed E-state index contributed by atoms with van der Waals surface area (Å²) in [5.74, 6) is -0.295. The quantitative estimate of drug-likeness (QED) is 0.343. The van der Waals surface area contributed by atoms with Gasteiger partial charge in [-0.3, -0.25) is 0 Å². The number of oxime groups is 1. The minimum Gasteiger partial charge on any atom is -0.409 e. The van der Waals surface area contributed by atoms with Gasteiger partial charge in [0.1, 0.15) is 0 Å². The van der Waals surface area contributed by atoms with Crippen LogP contribution < -0.4 is 10.6 Å². The van der Waals surface area contributed by atoms with Crippen LogP contribution in [0.2, 0.25) is 0 Å². The molecule has 5 nitrogen and oxygen atoms in total. The molecule has 116 valence electrons. The van der Waals surface area contributed by atoms with Gasteiger partial charge >= 0.3 is 6.18 Å². The highest BCUT2D eigenvalue weighted by molar-refractivity contribution is 6.02. The Bertz CT molecular complexity index is 546. The standard InChI is InChI=1S/C13H16F3N3O2/c14-13(15,16)9-1-2-11(10(5-9)12(17)18-21)19-4-3-8(6-19)7-20/h1-2,5,8,20-21H,3-4,6-7H2,(H2,17,18). The van der Waals surface area contributed by atoms with E-state index in [2.05, 4.69) is 5.16 Å². The highest BCUT2D eigenvalue weighted by Gasteiger charge is 2.32. The van der Waals surface area contributed by atoms with Crippen molar-refractivity contribution in [2.45, 2.75) is 12.6 Å². The summed E-state index contributed by atoms with van der Waals surface area (Å²) in [6.45, 7) is 1.14. The lowest BCUT2D eigenvalue weighted by molar-refractivity contribution is -0.137. The van der Waals surface area contributed by atoms with Gasteiger partial charge in [-0.25, -0.2) is 0 Å². The molecule has 1 fully saturated rings. The summed E-state index contributed by atoms with van der Waals surface area (Å²) >= 11 is 0. The van der Waals surface area contributed by atoms with E-state index in [0.717, 1.165) is 18.6 Å². The van der Waals surface area contributed by atoms with E-state index in [1.807, 2.05) is 4.90 Å². The molecule has 0 radical (unpaired) electrons. The Morgan fingerprint density at radius 1 is 1.43 bits per heavy atom. The molecule has 8 heteroatoms. The zero-order chi connectivity index (χ0) is 15.6. The lowest BCUT2D eigenvalue weighted by Gasteiger charge is -2.22. The molecule has 0 saturated carbocycles. The molecule has 21 heavy (non-hydrogen) atoms. The molecule has 0 bridgehead atoms. The van der Waals surface area contributed by atoms with Crippen LogP contribution in [-0.2, 0) is 6.18 Å². The number of nitrogens with two attached hydrogens (primary N) is 1. The minimum absolute atomic E-state index is 0.0238. The van der Waals surface area contributed by atoms with Crippen molar-refractivity contribution in [3.63, 3.8) is 0 Å².